The molecule has 0 saturated carbocycles. The van der Waals surface area contributed by atoms with E-state index in [0.29, 0.717) is 12.4 Å². The van der Waals surface area contributed by atoms with Crippen molar-refractivity contribution in [3.05, 3.63) is 77.0 Å². The summed E-state index contributed by atoms with van der Waals surface area (Å²) < 4.78 is 27.5. The first-order valence-corrected chi connectivity index (χ1v) is 10.8. The number of anilines is 1. The Kier molecular flexibility index (Phi) is 8.13. The first-order valence-electron chi connectivity index (χ1n) is 10.8. The molecule has 4 rings (SSSR count). The van der Waals surface area contributed by atoms with Gasteiger partial charge in [0.15, 0.2) is 11.6 Å². The highest BCUT2D eigenvalue weighted by Crippen LogP contribution is 2.27. The smallest absolute Gasteiger partial charge is 0.317 e. The minimum atomic E-state index is -0.797. The van der Waals surface area contributed by atoms with Gasteiger partial charge in [0.05, 0.1) is 18.0 Å². The number of nitrogens with one attached hydrogen (secondary N) is 1. The topological polar surface area (TPSA) is 96.4 Å². The van der Waals surface area contributed by atoms with E-state index in [4.69, 9.17) is 10.8 Å². The number of primary amides is 1. The minimum Gasteiger partial charge on any atom is -0.395 e. The van der Waals surface area contributed by atoms with Crippen molar-refractivity contribution < 1.29 is 18.7 Å². The summed E-state index contributed by atoms with van der Waals surface area (Å²) in [6, 6.07) is 13.1. The van der Waals surface area contributed by atoms with Crippen LogP contribution in [0.1, 0.15) is 29.2 Å². The number of nitrogens with two attached hydrogens (primary N) is 1. The van der Waals surface area contributed by atoms with Crippen molar-refractivity contribution in [2.24, 2.45) is 5.73 Å². The average Bonchev–Trinajstić information content (AvgIpc) is 3.37. The number of aromatic nitrogens is 2. The van der Waals surface area contributed by atoms with Crippen LogP contribution in [0.3, 0.4) is 0 Å². The summed E-state index contributed by atoms with van der Waals surface area (Å²) in [5.41, 5.74) is 8.66. The summed E-state index contributed by atoms with van der Waals surface area (Å²) in [6.45, 7) is 6.30. The molecule has 7 nitrogen and oxygen atoms in total. The van der Waals surface area contributed by atoms with Crippen LogP contribution in [0, 0.1) is 25.5 Å². The van der Waals surface area contributed by atoms with E-state index < -0.39 is 17.7 Å². The number of nitrogens with zero attached hydrogens (tertiary/aromatic N) is 3. The largest absolute Gasteiger partial charge is 0.395 e. The minimum absolute atomic E-state index is 0.143. The monoisotopic (exact) mass is 457 g/mol. The molecular formula is C24H29F2N5O2. The highest BCUT2D eigenvalue weighted by molar-refractivity contribution is 5.88. The van der Waals surface area contributed by atoms with Crippen LogP contribution in [0.5, 0.6) is 0 Å². The van der Waals surface area contributed by atoms with Crippen LogP contribution in [0.15, 0.2) is 48.5 Å². The second-order valence-electron chi connectivity index (χ2n) is 7.98. The first kappa shape index (κ1) is 24.3. The van der Waals surface area contributed by atoms with Crippen molar-refractivity contribution in [3.63, 3.8) is 0 Å². The number of halogens is 2. The second kappa shape index (κ2) is 11.0. The number of β-amino-alcohol motifs (C(OH)–C–C–N with tert-alkyl or cyclic N) is 1. The van der Waals surface area contributed by atoms with Crippen LogP contribution in [0.25, 0.3) is 5.69 Å². The van der Waals surface area contributed by atoms with Gasteiger partial charge in [0.1, 0.15) is 5.82 Å². The number of hydrogen-bond donors (Lipinski definition) is 3. The molecule has 0 radical (unpaired) electrons. The number of aryl methyl sites for hydroxylation is 1. The van der Waals surface area contributed by atoms with Gasteiger partial charge in [0.2, 0.25) is 0 Å². The molecule has 2 aromatic carbocycles. The molecule has 1 atom stereocenters. The van der Waals surface area contributed by atoms with Crippen LogP contribution in [-0.2, 0) is 0 Å². The quantitative estimate of drug-likeness (QED) is 0.544. The van der Waals surface area contributed by atoms with Gasteiger partial charge in [-0.15, -0.1) is 0 Å². The Morgan fingerprint density at radius 3 is 2.55 bits per heavy atom. The lowest BCUT2D eigenvalue weighted by molar-refractivity contribution is 0.220. The zero-order valence-corrected chi connectivity index (χ0v) is 18.8. The van der Waals surface area contributed by atoms with E-state index in [1.54, 1.807) is 10.7 Å². The molecule has 1 saturated heterocycles. The number of hydrogen-bond acceptors (Lipinski definition) is 4. The lowest BCUT2D eigenvalue weighted by atomic mass is 9.98. The number of para-hydroxylation sites is 1. The van der Waals surface area contributed by atoms with Gasteiger partial charge in [-0.2, -0.15) is 5.10 Å². The van der Waals surface area contributed by atoms with Gasteiger partial charge < -0.3 is 15.7 Å². The maximum atomic E-state index is 13.0. The van der Waals surface area contributed by atoms with Gasteiger partial charge in [-0.3, -0.25) is 5.32 Å². The number of carbonyl (C=O) groups excluding carboxylic acids is 1. The predicted molar refractivity (Wildman–Crippen MR) is 123 cm³/mol. The molecular weight excluding hydrogens is 428 g/mol. The average molecular weight is 458 g/mol. The number of amides is 2. The summed E-state index contributed by atoms with van der Waals surface area (Å²) in [5, 5.41) is 15.8. The molecule has 1 fully saturated rings. The molecule has 176 valence electrons. The zero-order valence-electron chi connectivity index (χ0n) is 18.8. The van der Waals surface area contributed by atoms with Crippen molar-refractivity contribution in [2.75, 3.05) is 31.6 Å². The molecule has 2 heterocycles. The standard InChI is InChI=1S/C12H15F2NO.C12H14N4O/c13-11-2-1-9(7-12(11)14)10-3-4-15(8-10)5-6-16;1-8-9(2)15-16(11(8)14-12(13)17)10-6-4-3-5-7-10/h1-2,7,10,16H,3-6,8H2;3-7H,1-2H3,(H3,13,14,17). The zero-order chi connectivity index (χ0) is 24.0. The molecule has 1 aliphatic heterocycles. The van der Waals surface area contributed by atoms with E-state index in [2.05, 4.69) is 15.3 Å². The first-order chi connectivity index (χ1) is 15.8. The molecule has 1 unspecified atom stereocenters. The van der Waals surface area contributed by atoms with E-state index in [9.17, 15) is 13.6 Å². The highest BCUT2D eigenvalue weighted by atomic mass is 19.2. The normalized spacial score (nSPS) is 15.7. The van der Waals surface area contributed by atoms with Gasteiger partial charge in [-0.25, -0.2) is 18.3 Å². The number of likely N-dealkylation sites (tertiary alicyclic amines) is 1. The van der Waals surface area contributed by atoms with Gasteiger partial charge in [0, 0.05) is 18.7 Å². The van der Waals surface area contributed by atoms with Gasteiger partial charge in [0.25, 0.3) is 0 Å². The van der Waals surface area contributed by atoms with Crippen molar-refractivity contribution in [1.29, 1.82) is 0 Å². The van der Waals surface area contributed by atoms with Gasteiger partial charge >= 0.3 is 6.03 Å². The molecule has 1 aromatic heterocycles. The summed E-state index contributed by atoms with van der Waals surface area (Å²) in [7, 11) is 0. The van der Waals surface area contributed by atoms with E-state index >= 15 is 0 Å². The molecule has 0 spiro atoms. The third-order valence-corrected chi connectivity index (χ3v) is 5.71. The Hall–Kier alpha value is -3.30. The fourth-order valence-electron chi connectivity index (χ4n) is 3.84. The molecule has 1 aliphatic rings. The second-order valence-corrected chi connectivity index (χ2v) is 7.98. The highest BCUT2D eigenvalue weighted by Gasteiger charge is 2.24. The Morgan fingerprint density at radius 1 is 1.18 bits per heavy atom. The van der Waals surface area contributed by atoms with Crippen LogP contribution >= 0.6 is 0 Å². The summed E-state index contributed by atoms with van der Waals surface area (Å²) in [6.07, 6.45) is 0.936. The maximum Gasteiger partial charge on any atom is 0.317 e. The number of carbonyl (C=O) groups is 1. The van der Waals surface area contributed by atoms with Crippen LogP contribution in [0.2, 0.25) is 0 Å². The number of benzene rings is 2. The van der Waals surface area contributed by atoms with Crippen molar-refractivity contribution >= 4 is 11.8 Å². The van der Waals surface area contributed by atoms with Crippen LogP contribution < -0.4 is 11.1 Å². The lowest BCUT2D eigenvalue weighted by Crippen LogP contribution is -2.23. The Labute approximate surface area is 191 Å². The number of rotatable bonds is 5. The summed E-state index contributed by atoms with van der Waals surface area (Å²) in [4.78, 5) is 13.1. The van der Waals surface area contributed by atoms with Crippen molar-refractivity contribution in [3.8, 4) is 5.69 Å². The van der Waals surface area contributed by atoms with Crippen molar-refractivity contribution in [2.45, 2.75) is 26.2 Å². The van der Waals surface area contributed by atoms with E-state index in [0.717, 1.165) is 42.0 Å². The fourth-order valence-corrected chi connectivity index (χ4v) is 3.84. The number of urea groups is 1. The Balaban J connectivity index is 0.000000186. The van der Waals surface area contributed by atoms with Crippen LogP contribution in [0.4, 0.5) is 19.4 Å². The molecule has 9 heteroatoms. The van der Waals surface area contributed by atoms with E-state index in [-0.39, 0.29) is 12.5 Å². The molecule has 0 bridgehead atoms. The summed E-state index contributed by atoms with van der Waals surface area (Å²) >= 11 is 0. The maximum absolute atomic E-state index is 13.0. The Morgan fingerprint density at radius 2 is 1.91 bits per heavy atom. The summed E-state index contributed by atoms with van der Waals surface area (Å²) in [5.74, 6) is -0.713. The number of aliphatic hydroxyl groups excluding tert-OH is 1. The van der Waals surface area contributed by atoms with E-state index in [1.807, 2.05) is 44.2 Å². The van der Waals surface area contributed by atoms with Gasteiger partial charge in [-0.1, -0.05) is 24.3 Å². The third-order valence-electron chi connectivity index (χ3n) is 5.71. The van der Waals surface area contributed by atoms with E-state index in [1.165, 1.54) is 12.1 Å². The van der Waals surface area contributed by atoms with Crippen molar-refractivity contribution in [1.82, 2.24) is 14.7 Å². The molecule has 0 aliphatic carbocycles. The number of aliphatic hydroxyl groups is 1. The Bertz CT molecular complexity index is 1090. The van der Waals surface area contributed by atoms with Gasteiger partial charge in [-0.05, 0) is 62.6 Å². The molecule has 33 heavy (non-hydrogen) atoms. The van der Waals surface area contributed by atoms with Crippen LogP contribution in [-0.4, -0.2) is 52.1 Å². The third kappa shape index (κ3) is 6.15. The molecule has 3 aromatic rings. The molecule has 2 amide bonds. The molecule has 4 N–H and O–H groups in total. The fraction of sp³-hybridized carbons (Fsp3) is 0.333. The lowest BCUT2D eigenvalue weighted by Gasteiger charge is -2.14. The predicted octanol–water partition coefficient (Wildman–Crippen LogP) is 3.73. The SMILES string of the molecule is Cc1nn(-c2ccccc2)c(NC(N)=O)c1C.OCCN1CCC(c2ccc(F)c(F)c2)C1.